The average Bonchev–Trinajstić information content (AvgIpc) is 2.76. The molecule has 0 aromatic heterocycles. The Morgan fingerprint density at radius 2 is 1.56 bits per heavy atom. The van der Waals surface area contributed by atoms with E-state index in [1.165, 1.54) is 0 Å². The third-order valence-electron chi connectivity index (χ3n) is 4.77. The minimum Gasteiger partial charge on any atom is -0.481 e. The molecule has 3 amide bonds. The molecule has 3 aromatic carbocycles. The van der Waals surface area contributed by atoms with Crippen LogP contribution in [0.2, 0.25) is 0 Å². The summed E-state index contributed by atoms with van der Waals surface area (Å²) in [4.78, 5) is 36.9. The van der Waals surface area contributed by atoms with Gasteiger partial charge in [0, 0.05) is 16.7 Å². The first kappa shape index (κ1) is 22.8. The molecule has 0 aliphatic heterocycles. The number of ether oxygens (including phenoxy) is 1. The van der Waals surface area contributed by atoms with Crippen LogP contribution in [0.1, 0.15) is 38.1 Å². The van der Waals surface area contributed by atoms with Crippen molar-refractivity contribution in [1.29, 1.82) is 0 Å². The van der Waals surface area contributed by atoms with Crippen LogP contribution < -0.4 is 20.9 Å². The van der Waals surface area contributed by atoms with Crippen LogP contribution in [-0.4, -0.2) is 23.8 Å². The van der Waals surface area contributed by atoms with E-state index in [1.807, 2.05) is 36.4 Å². The quantitative estimate of drug-likeness (QED) is 0.529. The lowest BCUT2D eigenvalue weighted by molar-refractivity contribution is -0.128. The first-order valence-corrected chi connectivity index (χ1v) is 10.3. The molecule has 0 unspecified atom stereocenters. The highest BCUT2D eigenvalue weighted by Gasteiger charge is 2.21. The topological polar surface area (TPSA) is 96.5 Å². The number of carbonyl (C=O) groups is 3. The Morgan fingerprint density at radius 1 is 0.844 bits per heavy atom. The molecule has 166 valence electrons. The van der Waals surface area contributed by atoms with Gasteiger partial charge in [-0.05, 0) is 48.0 Å². The van der Waals surface area contributed by atoms with Crippen LogP contribution in [0.15, 0.2) is 66.7 Å². The second-order valence-electron chi connectivity index (χ2n) is 8.50. The highest BCUT2D eigenvalue weighted by molar-refractivity contribution is 5.99. The normalized spacial score (nSPS) is 12.0. The van der Waals surface area contributed by atoms with E-state index in [2.05, 4.69) is 16.2 Å². The van der Waals surface area contributed by atoms with Crippen molar-refractivity contribution in [1.82, 2.24) is 10.9 Å². The fourth-order valence-corrected chi connectivity index (χ4v) is 2.85. The lowest BCUT2D eigenvalue weighted by atomic mass is 9.95. The van der Waals surface area contributed by atoms with E-state index in [0.717, 1.165) is 10.8 Å². The predicted molar refractivity (Wildman–Crippen MR) is 124 cm³/mol. The first-order valence-electron chi connectivity index (χ1n) is 10.3. The van der Waals surface area contributed by atoms with Gasteiger partial charge < -0.3 is 10.1 Å². The lowest BCUT2D eigenvalue weighted by Crippen LogP contribution is -2.47. The van der Waals surface area contributed by atoms with Gasteiger partial charge in [0.25, 0.3) is 11.8 Å². The summed E-state index contributed by atoms with van der Waals surface area (Å²) >= 11 is 0. The molecule has 3 N–H and O–H groups in total. The smallest absolute Gasteiger partial charge is 0.279 e. The standard InChI is InChI=1S/C25H27N3O4/c1-16(32-21-13-12-17-8-5-6-9-18(17)15-21)22(29)27-28-23(30)19-10-7-11-20(14-19)26-24(31)25(2,3)4/h5-16H,1-4H3,(H,26,31)(H,27,29)(H,28,30)/t16-/m1/s1. The van der Waals surface area contributed by atoms with Crippen LogP contribution in [0.25, 0.3) is 10.8 Å². The fraction of sp³-hybridized carbons (Fsp3) is 0.240. The summed E-state index contributed by atoms with van der Waals surface area (Å²) in [5, 5.41) is 4.85. The molecule has 3 rings (SSSR count). The number of rotatable bonds is 5. The maximum absolute atomic E-state index is 12.4. The molecule has 0 bridgehead atoms. The van der Waals surface area contributed by atoms with Gasteiger partial charge in [-0.15, -0.1) is 0 Å². The van der Waals surface area contributed by atoms with Crippen molar-refractivity contribution in [3.05, 3.63) is 72.3 Å². The molecular formula is C25H27N3O4. The van der Waals surface area contributed by atoms with E-state index in [1.54, 1.807) is 58.0 Å². The molecule has 7 nitrogen and oxygen atoms in total. The summed E-state index contributed by atoms with van der Waals surface area (Å²) in [6.45, 7) is 7.00. The number of amides is 3. The van der Waals surface area contributed by atoms with E-state index < -0.39 is 23.3 Å². The lowest BCUT2D eigenvalue weighted by Gasteiger charge is -2.18. The van der Waals surface area contributed by atoms with E-state index in [9.17, 15) is 14.4 Å². The molecule has 7 heteroatoms. The van der Waals surface area contributed by atoms with Gasteiger partial charge in [0.2, 0.25) is 5.91 Å². The number of fused-ring (bicyclic) bond motifs is 1. The fourth-order valence-electron chi connectivity index (χ4n) is 2.85. The second-order valence-corrected chi connectivity index (χ2v) is 8.50. The van der Waals surface area contributed by atoms with E-state index in [0.29, 0.717) is 17.0 Å². The van der Waals surface area contributed by atoms with E-state index in [-0.39, 0.29) is 5.91 Å². The molecule has 3 aromatic rings. The zero-order valence-electron chi connectivity index (χ0n) is 18.6. The molecule has 32 heavy (non-hydrogen) atoms. The van der Waals surface area contributed by atoms with E-state index in [4.69, 9.17) is 4.74 Å². The van der Waals surface area contributed by atoms with Crippen LogP contribution in [0.3, 0.4) is 0 Å². The number of nitrogens with one attached hydrogen (secondary N) is 3. The number of benzene rings is 3. The SMILES string of the molecule is C[C@@H](Oc1ccc2ccccc2c1)C(=O)NNC(=O)c1cccc(NC(=O)C(C)(C)C)c1. The molecule has 0 saturated heterocycles. The van der Waals surface area contributed by atoms with Gasteiger partial charge in [-0.1, -0.05) is 57.2 Å². The average molecular weight is 434 g/mol. The highest BCUT2D eigenvalue weighted by Crippen LogP contribution is 2.21. The van der Waals surface area contributed by atoms with Crippen LogP contribution in [0.5, 0.6) is 5.75 Å². The monoisotopic (exact) mass is 433 g/mol. The number of anilines is 1. The van der Waals surface area contributed by atoms with Crippen LogP contribution in [-0.2, 0) is 9.59 Å². The van der Waals surface area contributed by atoms with Crippen LogP contribution in [0.4, 0.5) is 5.69 Å². The molecule has 1 atom stereocenters. The number of hydrogen-bond donors (Lipinski definition) is 3. The summed E-state index contributed by atoms with van der Waals surface area (Å²) in [5.41, 5.74) is 4.97. The molecule has 0 aliphatic carbocycles. The summed E-state index contributed by atoms with van der Waals surface area (Å²) in [5.74, 6) is -0.616. The molecule has 0 aliphatic rings. The minimum absolute atomic E-state index is 0.164. The van der Waals surface area contributed by atoms with Crippen molar-refractivity contribution in [3.63, 3.8) is 0 Å². The van der Waals surface area contributed by atoms with E-state index >= 15 is 0 Å². The first-order chi connectivity index (χ1) is 15.1. The number of hydrazine groups is 1. The third kappa shape index (κ3) is 5.85. The maximum Gasteiger partial charge on any atom is 0.279 e. The van der Waals surface area contributed by atoms with Gasteiger partial charge in [0.1, 0.15) is 5.75 Å². The minimum atomic E-state index is -0.825. The Balaban J connectivity index is 1.56. The van der Waals surface area contributed by atoms with Gasteiger partial charge in [-0.2, -0.15) is 0 Å². The van der Waals surface area contributed by atoms with Gasteiger partial charge in [0.15, 0.2) is 6.10 Å². The Kier molecular flexibility index (Phi) is 6.78. The van der Waals surface area contributed by atoms with Crippen molar-refractivity contribution in [2.24, 2.45) is 5.41 Å². The number of carbonyl (C=O) groups excluding carboxylic acids is 3. The summed E-state index contributed by atoms with van der Waals surface area (Å²) in [6.07, 6.45) is -0.825. The Bertz CT molecular complexity index is 1150. The Morgan fingerprint density at radius 3 is 2.28 bits per heavy atom. The summed E-state index contributed by atoms with van der Waals surface area (Å²) in [6, 6.07) is 19.9. The van der Waals surface area contributed by atoms with Gasteiger partial charge >= 0.3 is 0 Å². The maximum atomic E-state index is 12.4. The Labute approximate surface area is 187 Å². The van der Waals surface area contributed by atoms with Crippen LogP contribution in [0, 0.1) is 5.41 Å². The van der Waals surface area contributed by atoms with Gasteiger partial charge in [0.05, 0.1) is 0 Å². The number of hydrogen-bond acceptors (Lipinski definition) is 4. The summed E-state index contributed by atoms with van der Waals surface area (Å²) in [7, 11) is 0. The van der Waals surface area contributed by atoms with Crippen molar-refractivity contribution >= 4 is 34.2 Å². The largest absolute Gasteiger partial charge is 0.481 e. The highest BCUT2D eigenvalue weighted by atomic mass is 16.5. The summed E-state index contributed by atoms with van der Waals surface area (Å²) < 4.78 is 5.71. The van der Waals surface area contributed by atoms with Gasteiger partial charge in [-0.3, -0.25) is 25.2 Å². The Hall–Kier alpha value is -3.87. The van der Waals surface area contributed by atoms with Crippen molar-refractivity contribution in [3.8, 4) is 5.75 Å². The van der Waals surface area contributed by atoms with Gasteiger partial charge in [-0.25, -0.2) is 0 Å². The van der Waals surface area contributed by atoms with Crippen molar-refractivity contribution in [2.75, 3.05) is 5.32 Å². The molecule has 0 spiro atoms. The predicted octanol–water partition coefficient (Wildman–Crippen LogP) is 4.05. The zero-order chi connectivity index (χ0) is 23.3. The molecule has 0 heterocycles. The van der Waals surface area contributed by atoms with Crippen molar-refractivity contribution in [2.45, 2.75) is 33.8 Å². The second kappa shape index (κ2) is 9.51. The van der Waals surface area contributed by atoms with Crippen molar-refractivity contribution < 1.29 is 19.1 Å². The zero-order valence-corrected chi connectivity index (χ0v) is 18.6. The third-order valence-corrected chi connectivity index (χ3v) is 4.77. The molecule has 0 saturated carbocycles. The molecular weight excluding hydrogens is 406 g/mol. The van der Waals surface area contributed by atoms with Crippen LogP contribution >= 0.6 is 0 Å². The molecule has 0 fully saturated rings. The molecule has 0 radical (unpaired) electrons.